The summed E-state index contributed by atoms with van der Waals surface area (Å²) < 4.78 is 7.18. The average molecular weight is 404 g/mol. The Labute approximate surface area is 175 Å². The van der Waals surface area contributed by atoms with Crippen molar-refractivity contribution in [2.75, 3.05) is 12.4 Å². The fourth-order valence-corrected chi connectivity index (χ4v) is 3.16. The highest BCUT2D eigenvalue weighted by atomic mass is 16.5. The number of amides is 2. The molecule has 0 saturated heterocycles. The Hall–Kier alpha value is -3.87. The quantitative estimate of drug-likeness (QED) is 0.388. The molecule has 7 heteroatoms. The molecule has 2 amide bonds. The molecule has 0 unspecified atom stereocenters. The lowest BCUT2D eigenvalue weighted by Crippen LogP contribution is -2.32. The van der Waals surface area contributed by atoms with E-state index in [0.717, 1.165) is 22.6 Å². The van der Waals surface area contributed by atoms with Gasteiger partial charge < -0.3 is 14.6 Å². The van der Waals surface area contributed by atoms with Crippen LogP contribution < -0.4 is 15.5 Å². The summed E-state index contributed by atoms with van der Waals surface area (Å²) in [5, 5.41) is 6.45. The van der Waals surface area contributed by atoms with Crippen molar-refractivity contribution < 1.29 is 14.3 Å². The molecule has 2 aromatic carbocycles. The van der Waals surface area contributed by atoms with Gasteiger partial charge in [-0.05, 0) is 68.8 Å². The number of methoxy groups -OCH3 is 1. The highest BCUT2D eigenvalue weighted by Crippen LogP contribution is 2.20. The summed E-state index contributed by atoms with van der Waals surface area (Å²) in [6.07, 6.45) is 1.53. The van der Waals surface area contributed by atoms with E-state index in [1.807, 2.05) is 45.0 Å². The van der Waals surface area contributed by atoms with Gasteiger partial charge in [-0.2, -0.15) is 5.10 Å². The van der Waals surface area contributed by atoms with Gasteiger partial charge in [-0.3, -0.25) is 9.59 Å². The second kappa shape index (κ2) is 9.09. The van der Waals surface area contributed by atoms with E-state index in [9.17, 15) is 9.59 Å². The van der Waals surface area contributed by atoms with Gasteiger partial charge in [-0.15, -0.1) is 0 Å². The average Bonchev–Trinajstić information content (AvgIpc) is 3.01. The molecule has 0 aliphatic rings. The lowest BCUT2D eigenvalue weighted by Gasteiger charge is -2.10. The molecule has 154 valence electrons. The largest absolute Gasteiger partial charge is 0.497 e. The molecule has 0 atom stereocenters. The number of benzene rings is 2. The summed E-state index contributed by atoms with van der Waals surface area (Å²) >= 11 is 0. The number of hydrogen-bond donors (Lipinski definition) is 2. The molecule has 3 rings (SSSR count). The summed E-state index contributed by atoms with van der Waals surface area (Å²) in [6, 6.07) is 16.9. The topological polar surface area (TPSA) is 84.7 Å². The minimum absolute atomic E-state index is 0.488. The number of anilines is 1. The molecule has 0 bridgehead atoms. The molecule has 0 aliphatic carbocycles. The first-order valence-electron chi connectivity index (χ1n) is 9.43. The molecule has 0 saturated carbocycles. The number of nitrogens with one attached hydrogen (secondary N) is 2. The molecule has 3 aromatic rings. The van der Waals surface area contributed by atoms with Crippen molar-refractivity contribution in [2.45, 2.75) is 20.8 Å². The molecule has 0 fully saturated rings. The van der Waals surface area contributed by atoms with Crippen LogP contribution in [0.4, 0.5) is 5.69 Å². The zero-order chi connectivity index (χ0) is 21.7. The Balaban J connectivity index is 1.65. The van der Waals surface area contributed by atoms with Crippen LogP contribution in [0.15, 0.2) is 59.7 Å². The standard InChI is InChI=1S/C23H24N4O3/c1-15-6-5-7-20(12-15)27-16(2)13-18(17(27)3)14-24-26-23(29)22(28)25-19-8-10-21(30-4)11-9-19/h5-14H,1-4H3,(H,25,28)(H,26,29)/b24-14-. The molecule has 1 heterocycles. The van der Waals surface area contributed by atoms with E-state index in [0.29, 0.717) is 11.4 Å². The highest BCUT2D eigenvalue weighted by Gasteiger charge is 2.13. The monoisotopic (exact) mass is 404 g/mol. The number of carbonyl (C=O) groups excluding carboxylic acids is 2. The van der Waals surface area contributed by atoms with Crippen LogP contribution >= 0.6 is 0 Å². The first-order chi connectivity index (χ1) is 14.4. The van der Waals surface area contributed by atoms with Crippen molar-refractivity contribution in [1.29, 1.82) is 0 Å². The predicted octanol–water partition coefficient (Wildman–Crippen LogP) is 3.50. The molecule has 1 aromatic heterocycles. The third-order valence-electron chi connectivity index (χ3n) is 4.65. The van der Waals surface area contributed by atoms with Gasteiger partial charge in [0.2, 0.25) is 0 Å². The van der Waals surface area contributed by atoms with E-state index < -0.39 is 11.8 Å². The molecule has 30 heavy (non-hydrogen) atoms. The number of carbonyl (C=O) groups is 2. The Morgan fingerprint density at radius 3 is 2.40 bits per heavy atom. The number of hydrogen-bond acceptors (Lipinski definition) is 4. The summed E-state index contributed by atoms with van der Waals surface area (Å²) in [6.45, 7) is 6.04. The number of aromatic nitrogens is 1. The van der Waals surface area contributed by atoms with Crippen LogP contribution in [0.25, 0.3) is 5.69 Å². The Morgan fingerprint density at radius 2 is 1.73 bits per heavy atom. The summed E-state index contributed by atoms with van der Waals surface area (Å²) in [5.74, 6) is -0.998. The van der Waals surface area contributed by atoms with E-state index >= 15 is 0 Å². The summed E-state index contributed by atoms with van der Waals surface area (Å²) in [7, 11) is 1.55. The normalized spacial score (nSPS) is 10.8. The summed E-state index contributed by atoms with van der Waals surface area (Å²) in [4.78, 5) is 24.0. The van der Waals surface area contributed by atoms with Crippen molar-refractivity contribution in [3.8, 4) is 11.4 Å². The van der Waals surface area contributed by atoms with Gasteiger partial charge in [0.25, 0.3) is 0 Å². The van der Waals surface area contributed by atoms with Gasteiger partial charge in [-0.25, -0.2) is 5.43 Å². The maximum absolute atomic E-state index is 12.0. The van der Waals surface area contributed by atoms with E-state index in [1.54, 1.807) is 31.4 Å². The van der Waals surface area contributed by atoms with E-state index in [1.165, 1.54) is 11.8 Å². The van der Waals surface area contributed by atoms with Crippen LogP contribution in [-0.2, 0) is 9.59 Å². The molecule has 0 radical (unpaired) electrons. The van der Waals surface area contributed by atoms with Crippen LogP contribution in [0.3, 0.4) is 0 Å². The van der Waals surface area contributed by atoms with Crippen molar-refractivity contribution in [2.24, 2.45) is 5.10 Å². The van der Waals surface area contributed by atoms with Crippen LogP contribution in [0.1, 0.15) is 22.5 Å². The van der Waals surface area contributed by atoms with E-state index in [2.05, 4.69) is 26.5 Å². The van der Waals surface area contributed by atoms with Crippen LogP contribution in [-0.4, -0.2) is 29.7 Å². The number of hydrazone groups is 1. The van der Waals surface area contributed by atoms with Crippen LogP contribution in [0, 0.1) is 20.8 Å². The molecular formula is C23H24N4O3. The van der Waals surface area contributed by atoms with Crippen molar-refractivity contribution in [3.05, 3.63) is 77.1 Å². The maximum Gasteiger partial charge on any atom is 0.329 e. The zero-order valence-electron chi connectivity index (χ0n) is 17.4. The first-order valence-corrected chi connectivity index (χ1v) is 9.43. The van der Waals surface area contributed by atoms with E-state index in [-0.39, 0.29) is 0 Å². The van der Waals surface area contributed by atoms with Gasteiger partial charge in [0.1, 0.15) is 5.75 Å². The van der Waals surface area contributed by atoms with Gasteiger partial charge in [-0.1, -0.05) is 12.1 Å². The minimum Gasteiger partial charge on any atom is -0.497 e. The second-order valence-electron chi connectivity index (χ2n) is 6.88. The second-order valence-corrected chi connectivity index (χ2v) is 6.88. The number of ether oxygens (including phenoxy) is 1. The maximum atomic E-state index is 12.0. The summed E-state index contributed by atoms with van der Waals surface area (Å²) in [5.41, 5.74) is 7.87. The SMILES string of the molecule is COc1ccc(NC(=O)C(=O)N/N=C\c2cc(C)n(-c3cccc(C)c3)c2C)cc1. The van der Waals surface area contributed by atoms with Gasteiger partial charge >= 0.3 is 11.8 Å². The lowest BCUT2D eigenvalue weighted by atomic mass is 10.2. The molecule has 0 aliphatic heterocycles. The highest BCUT2D eigenvalue weighted by molar-refractivity contribution is 6.39. The van der Waals surface area contributed by atoms with Gasteiger partial charge in [0.15, 0.2) is 0 Å². The fourth-order valence-electron chi connectivity index (χ4n) is 3.16. The predicted molar refractivity (Wildman–Crippen MR) is 117 cm³/mol. The fraction of sp³-hybridized carbons (Fsp3) is 0.174. The molecule has 2 N–H and O–H groups in total. The minimum atomic E-state index is -0.852. The van der Waals surface area contributed by atoms with E-state index in [4.69, 9.17) is 4.74 Å². The Kier molecular flexibility index (Phi) is 6.32. The van der Waals surface area contributed by atoms with Crippen LogP contribution in [0.5, 0.6) is 5.75 Å². The lowest BCUT2D eigenvalue weighted by molar-refractivity contribution is -0.136. The number of nitrogens with zero attached hydrogens (tertiary/aromatic N) is 2. The molecule has 7 nitrogen and oxygen atoms in total. The smallest absolute Gasteiger partial charge is 0.329 e. The van der Waals surface area contributed by atoms with Gasteiger partial charge in [0.05, 0.1) is 13.3 Å². The van der Waals surface area contributed by atoms with Crippen molar-refractivity contribution in [3.63, 3.8) is 0 Å². The Morgan fingerprint density at radius 1 is 1.00 bits per heavy atom. The van der Waals surface area contributed by atoms with Crippen LogP contribution in [0.2, 0.25) is 0 Å². The molecular weight excluding hydrogens is 380 g/mol. The zero-order valence-corrected chi connectivity index (χ0v) is 17.4. The third-order valence-corrected chi connectivity index (χ3v) is 4.65. The Bertz CT molecular complexity index is 1100. The van der Waals surface area contributed by atoms with Gasteiger partial charge in [0, 0.05) is 28.3 Å². The number of aryl methyl sites for hydroxylation is 2. The van der Waals surface area contributed by atoms with Crippen molar-refractivity contribution >= 4 is 23.7 Å². The van der Waals surface area contributed by atoms with Crippen molar-refractivity contribution in [1.82, 2.24) is 9.99 Å². The number of rotatable bonds is 5. The third kappa shape index (κ3) is 4.75. The first kappa shape index (κ1) is 20.9. The molecule has 0 spiro atoms.